The first-order chi connectivity index (χ1) is 39.9. The number of alkyl carbamates (subject to hydrolysis) is 4. The molecule has 0 bridgehead atoms. The topological polar surface area (TPSA) is 339 Å². The number of unbranched alkanes of at least 4 members (excludes halogenated alkanes) is 2. The summed E-state index contributed by atoms with van der Waals surface area (Å²) < 4.78 is 30.1. The third kappa shape index (κ3) is 31.5. The van der Waals surface area contributed by atoms with E-state index in [9.17, 15) is 53.7 Å². The fourth-order valence-corrected chi connectivity index (χ4v) is 8.12. The van der Waals surface area contributed by atoms with Gasteiger partial charge in [-0.15, -0.1) is 12.4 Å². The molecule has 0 spiro atoms. The Balaban J connectivity index is 0.000000711. The number of nitrogens with one attached hydrogen (secondary N) is 5. The summed E-state index contributed by atoms with van der Waals surface area (Å²) >= 11 is 0. The second-order valence-corrected chi connectivity index (χ2v) is 21.9. The summed E-state index contributed by atoms with van der Waals surface area (Å²) in [5.74, 6) is -2.57. The van der Waals surface area contributed by atoms with Crippen molar-refractivity contribution in [2.75, 3.05) is 27.3 Å². The van der Waals surface area contributed by atoms with Gasteiger partial charge >= 0.3 is 42.3 Å². The summed E-state index contributed by atoms with van der Waals surface area (Å²) in [5.41, 5.74) is 10.6. The molecule has 24 heteroatoms. The molecule has 4 rings (SSSR count). The number of aliphatic carboxylic acids is 1. The van der Waals surface area contributed by atoms with Gasteiger partial charge in [0.1, 0.15) is 60.1 Å². The number of aryl methyl sites for hydroxylation is 4. The van der Waals surface area contributed by atoms with Gasteiger partial charge in [-0.1, -0.05) is 60.7 Å². The minimum Gasteiger partial charge on any atom is -0.508 e. The summed E-state index contributed by atoms with van der Waals surface area (Å²) in [6.07, 6.45) is 0.945. The lowest BCUT2D eigenvalue weighted by Crippen LogP contribution is -2.53. The predicted molar refractivity (Wildman–Crippen MR) is 325 cm³/mol. The van der Waals surface area contributed by atoms with Crippen LogP contribution in [0.4, 0.5) is 19.2 Å². The van der Waals surface area contributed by atoms with Crippen molar-refractivity contribution in [2.24, 2.45) is 5.73 Å². The van der Waals surface area contributed by atoms with Gasteiger partial charge < -0.3 is 76.1 Å². The monoisotopic (exact) mass is 1220 g/mol. The van der Waals surface area contributed by atoms with E-state index in [2.05, 4.69) is 31.3 Å². The normalized spacial score (nSPS) is 12.1. The number of carboxylic acid groups (broad SMARTS) is 1. The number of methoxy groups -OCH3 is 2. The minimum atomic E-state index is -1.15. The fraction of sp³-hybridized carbons (Fsp3) is 0.484. The van der Waals surface area contributed by atoms with Gasteiger partial charge in [0.15, 0.2) is 0 Å². The summed E-state index contributed by atoms with van der Waals surface area (Å²) in [4.78, 5) is 96.2. The number of rotatable bonds is 25. The van der Waals surface area contributed by atoms with Crippen LogP contribution in [0.5, 0.6) is 11.5 Å². The molecule has 4 atom stereocenters. The molecule has 0 heterocycles. The first-order valence-corrected chi connectivity index (χ1v) is 27.8. The van der Waals surface area contributed by atoms with Crippen molar-refractivity contribution < 1.29 is 82.1 Å². The van der Waals surface area contributed by atoms with Crippen LogP contribution >= 0.6 is 12.4 Å². The standard InChI is InChI=1S/C31H43N3O8.C19H21NO5.C12H24N2O4.ClH/c1-20-16-23(35)17-21(2)24(20)18-26(34-30(39)41-19-22-12-8-7-9-13-22)27(36)33-25(28(37)40-6)14-10-11-15-32-29(38)42-31(3,4)5;1-12-8-15(21)9-13(2)16(12)10-17(18(22)23)20-19(24)25-11-14-6-4-3-5-7-14;1-12(2,3)18-11(16)14-8-6-5-7-9(13)10(15)17-4;/h7-9,12-13,16-17,25-26,35H,10-11,14-15,18-19H2,1-6H3,(H,32,38)(H,33,36)(H,34,39);3-9,17,21H,10-11H2,1-2H3,(H,20,24)(H,22,23);9H,5-8,13H2,1-4H3,(H,14,16);1H/t25-,26-;17-;9-;/m000./s1. The Bertz CT molecular complexity index is 2750. The molecule has 0 fully saturated rings. The van der Waals surface area contributed by atoms with E-state index in [1.165, 1.54) is 14.2 Å². The van der Waals surface area contributed by atoms with E-state index in [1.54, 1.807) is 72.7 Å². The molecule has 86 heavy (non-hydrogen) atoms. The predicted octanol–water partition coefficient (Wildman–Crippen LogP) is 8.73. The molecule has 476 valence electrons. The molecule has 23 nitrogen and oxygen atoms in total. The zero-order valence-electron chi connectivity index (χ0n) is 51.4. The summed E-state index contributed by atoms with van der Waals surface area (Å²) in [6, 6.07) is 20.8. The third-order valence-electron chi connectivity index (χ3n) is 12.3. The Morgan fingerprint density at radius 3 is 1.26 bits per heavy atom. The molecule has 10 N–H and O–H groups in total. The summed E-state index contributed by atoms with van der Waals surface area (Å²) in [5, 5.41) is 41.9. The largest absolute Gasteiger partial charge is 0.508 e. The van der Waals surface area contributed by atoms with Crippen LogP contribution in [0.25, 0.3) is 0 Å². The Hall–Kier alpha value is -8.31. The molecular weight excluding hydrogens is 1140 g/mol. The van der Waals surface area contributed by atoms with Gasteiger partial charge in [-0.3, -0.25) is 9.59 Å². The molecule has 0 aliphatic heterocycles. The highest BCUT2D eigenvalue weighted by atomic mass is 35.5. The maximum atomic E-state index is 13.5. The maximum absolute atomic E-state index is 13.5. The number of hydrogen-bond donors (Lipinski definition) is 9. The maximum Gasteiger partial charge on any atom is 0.408 e. The van der Waals surface area contributed by atoms with Crippen molar-refractivity contribution >= 4 is 60.6 Å². The molecule has 5 amide bonds. The van der Waals surface area contributed by atoms with Gasteiger partial charge in [0, 0.05) is 25.9 Å². The number of aromatic hydroxyl groups is 2. The van der Waals surface area contributed by atoms with Crippen LogP contribution in [-0.2, 0) is 73.7 Å². The average molecular weight is 1230 g/mol. The molecule has 0 aromatic heterocycles. The summed E-state index contributed by atoms with van der Waals surface area (Å²) in [6.45, 7) is 18.8. The number of carbonyl (C=O) groups excluding carboxylic acids is 7. The molecule has 0 aliphatic rings. The van der Waals surface area contributed by atoms with Crippen molar-refractivity contribution in [1.82, 2.24) is 26.6 Å². The molecule has 0 saturated carbocycles. The molecule has 4 aromatic rings. The Labute approximate surface area is 510 Å². The number of carboxylic acids is 1. The minimum absolute atomic E-state index is 0. The Morgan fingerprint density at radius 1 is 0.512 bits per heavy atom. The number of phenols is 2. The van der Waals surface area contributed by atoms with Crippen LogP contribution in [0, 0.1) is 27.7 Å². The van der Waals surface area contributed by atoms with E-state index in [4.69, 9.17) is 29.4 Å². The van der Waals surface area contributed by atoms with Crippen LogP contribution in [-0.4, -0.2) is 126 Å². The van der Waals surface area contributed by atoms with E-state index < -0.39 is 83.6 Å². The quantitative estimate of drug-likeness (QED) is 0.0170. The zero-order chi connectivity index (χ0) is 63.9. The lowest BCUT2D eigenvalue weighted by atomic mass is 9.95. The van der Waals surface area contributed by atoms with Gasteiger partial charge in [0.05, 0.1) is 14.2 Å². The number of hydrogen-bond acceptors (Lipinski definition) is 17. The Kier molecular flexibility index (Phi) is 34.0. The van der Waals surface area contributed by atoms with Crippen LogP contribution in [0.15, 0.2) is 84.9 Å². The first-order valence-electron chi connectivity index (χ1n) is 27.8. The van der Waals surface area contributed by atoms with Gasteiger partial charge in [-0.2, -0.15) is 0 Å². The van der Waals surface area contributed by atoms with Gasteiger partial charge in [-0.05, 0) is 177 Å². The van der Waals surface area contributed by atoms with Crippen molar-refractivity contribution in [2.45, 2.75) is 169 Å². The number of carbonyl (C=O) groups is 8. The van der Waals surface area contributed by atoms with Gasteiger partial charge in [0.2, 0.25) is 5.91 Å². The smallest absolute Gasteiger partial charge is 0.408 e. The molecule has 4 aromatic carbocycles. The first kappa shape index (κ1) is 75.7. The van der Waals surface area contributed by atoms with E-state index in [1.807, 2.05) is 81.4 Å². The highest BCUT2D eigenvalue weighted by molar-refractivity contribution is 5.90. The van der Waals surface area contributed by atoms with E-state index in [0.717, 1.165) is 57.3 Å². The van der Waals surface area contributed by atoms with Crippen LogP contribution < -0.4 is 32.3 Å². The van der Waals surface area contributed by atoms with Crippen LogP contribution in [0.1, 0.15) is 125 Å². The highest BCUT2D eigenvalue weighted by Crippen LogP contribution is 2.24. The lowest BCUT2D eigenvalue weighted by molar-refractivity contribution is -0.145. The van der Waals surface area contributed by atoms with E-state index in [-0.39, 0.29) is 56.4 Å². The number of amides is 5. The molecular formula is C62H89ClN6O17. The second kappa shape index (κ2) is 38.6. The van der Waals surface area contributed by atoms with Crippen LogP contribution in [0.3, 0.4) is 0 Å². The number of ether oxygens (including phenoxy) is 6. The van der Waals surface area contributed by atoms with Crippen molar-refractivity contribution in [3.63, 3.8) is 0 Å². The number of esters is 2. The molecule has 0 radical (unpaired) electrons. The number of phenolic OH excluding ortho intramolecular Hbond substituents is 2. The van der Waals surface area contributed by atoms with Crippen molar-refractivity contribution in [1.29, 1.82) is 0 Å². The summed E-state index contributed by atoms with van der Waals surface area (Å²) in [7, 11) is 2.54. The number of nitrogens with two attached hydrogens (primary N) is 1. The second-order valence-electron chi connectivity index (χ2n) is 21.9. The zero-order valence-corrected chi connectivity index (χ0v) is 52.2. The van der Waals surface area contributed by atoms with E-state index >= 15 is 0 Å². The molecule has 0 saturated heterocycles. The molecule has 0 aliphatic carbocycles. The van der Waals surface area contributed by atoms with Gasteiger partial charge in [0.25, 0.3) is 0 Å². The van der Waals surface area contributed by atoms with Crippen LogP contribution in [0.2, 0.25) is 0 Å². The number of halogens is 1. The van der Waals surface area contributed by atoms with E-state index in [0.29, 0.717) is 32.4 Å². The van der Waals surface area contributed by atoms with Crippen molar-refractivity contribution in [3.05, 3.63) is 129 Å². The fourth-order valence-electron chi connectivity index (χ4n) is 8.12. The number of benzene rings is 4. The lowest BCUT2D eigenvalue weighted by Gasteiger charge is -2.23. The highest BCUT2D eigenvalue weighted by Gasteiger charge is 2.29. The Morgan fingerprint density at radius 2 is 0.884 bits per heavy atom. The van der Waals surface area contributed by atoms with Gasteiger partial charge in [-0.25, -0.2) is 28.8 Å². The average Bonchev–Trinajstić information content (AvgIpc) is 2.53. The van der Waals surface area contributed by atoms with Crippen molar-refractivity contribution in [3.8, 4) is 11.5 Å². The third-order valence-corrected chi connectivity index (χ3v) is 12.3. The molecule has 0 unspecified atom stereocenters. The SMILES string of the molecule is COC(=O)[C@@H](N)CCCCNC(=O)OC(C)(C)C.COC(=O)[C@H](CCCCNC(=O)OC(C)(C)C)NC(=O)[C@H](Cc1c(C)cc(O)cc1C)NC(=O)OCc1ccccc1.Cc1cc(O)cc(C)c1C[C@H](NC(=O)OCc1ccccc1)C(=O)O.Cl.